The lowest BCUT2D eigenvalue weighted by atomic mass is 10.2. The van der Waals surface area contributed by atoms with Gasteiger partial charge in [-0.3, -0.25) is 0 Å². The predicted octanol–water partition coefficient (Wildman–Crippen LogP) is 1.56. The van der Waals surface area contributed by atoms with E-state index in [4.69, 9.17) is 5.11 Å². The first kappa shape index (κ1) is 9.46. The van der Waals surface area contributed by atoms with E-state index in [9.17, 15) is 0 Å². The van der Waals surface area contributed by atoms with Crippen LogP contribution in [-0.4, -0.2) is 22.7 Å². The lowest BCUT2D eigenvalue weighted by Crippen LogP contribution is -2.25. The van der Waals surface area contributed by atoms with Gasteiger partial charge in [-0.2, -0.15) is 0 Å². The van der Waals surface area contributed by atoms with Gasteiger partial charge < -0.3 is 10.0 Å². The van der Waals surface area contributed by atoms with E-state index in [0.29, 0.717) is 6.04 Å². The van der Waals surface area contributed by atoms with Crippen LogP contribution in [0, 0.1) is 0 Å². The molecule has 2 rings (SSSR count). The summed E-state index contributed by atoms with van der Waals surface area (Å²) in [6, 6.07) is 4.51. The lowest BCUT2D eigenvalue weighted by Gasteiger charge is -2.21. The van der Waals surface area contributed by atoms with Crippen LogP contribution >= 0.6 is 0 Å². The summed E-state index contributed by atoms with van der Waals surface area (Å²) in [6.45, 7) is 3.23. The van der Waals surface area contributed by atoms with Crippen molar-refractivity contribution in [2.75, 3.05) is 11.4 Å². The van der Waals surface area contributed by atoms with E-state index in [0.717, 1.165) is 17.9 Å². The monoisotopic (exact) mass is 192 g/mol. The normalized spacial score (nSPS) is 15.6. The Labute approximate surface area is 84.4 Å². The van der Waals surface area contributed by atoms with E-state index >= 15 is 0 Å². The zero-order valence-electron chi connectivity index (χ0n) is 8.48. The average molecular weight is 192 g/mol. The summed E-state index contributed by atoms with van der Waals surface area (Å²) >= 11 is 0. The van der Waals surface area contributed by atoms with E-state index in [1.807, 2.05) is 12.1 Å². The highest BCUT2D eigenvalue weighted by Crippen LogP contribution is 2.30. The molecule has 0 spiro atoms. The van der Waals surface area contributed by atoms with Crippen molar-refractivity contribution in [3.05, 3.63) is 23.9 Å². The first-order valence-electron chi connectivity index (χ1n) is 5.17. The highest BCUT2D eigenvalue weighted by Gasteiger charge is 2.28. The summed E-state index contributed by atoms with van der Waals surface area (Å²) in [5.74, 6) is 1.00. The zero-order chi connectivity index (χ0) is 9.97. The minimum absolute atomic E-state index is 0.0950. The first-order chi connectivity index (χ1) is 6.85. The van der Waals surface area contributed by atoms with Crippen molar-refractivity contribution in [3.63, 3.8) is 0 Å². The van der Waals surface area contributed by atoms with Crippen molar-refractivity contribution in [1.82, 2.24) is 4.98 Å². The number of pyridine rings is 1. The number of anilines is 1. The van der Waals surface area contributed by atoms with Gasteiger partial charge in [0.25, 0.3) is 0 Å². The van der Waals surface area contributed by atoms with Crippen molar-refractivity contribution in [2.45, 2.75) is 32.4 Å². The SMILES string of the molecule is CCN(c1cc(CO)ccn1)C1CC1. The number of hydrogen-bond donors (Lipinski definition) is 1. The van der Waals surface area contributed by atoms with Gasteiger partial charge in [0.2, 0.25) is 0 Å². The molecule has 1 saturated carbocycles. The second kappa shape index (κ2) is 3.96. The molecule has 0 unspecified atom stereocenters. The largest absolute Gasteiger partial charge is 0.392 e. The van der Waals surface area contributed by atoms with Gasteiger partial charge in [-0.15, -0.1) is 0 Å². The Morgan fingerprint density at radius 1 is 1.57 bits per heavy atom. The van der Waals surface area contributed by atoms with Crippen molar-refractivity contribution >= 4 is 5.82 Å². The fourth-order valence-electron chi connectivity index (χ4n) is 1.71. The molecule has 3 nitrogen and oxygen atoms in total. The minimum atomic E-state index is 0.0950. The number of rotatable bonds is 4. The Balaban J connectivity index is 2.20. The minimum Gasteiger partial charge on any atom is -0.392 e. The fourth-order valence-corrected chi connectivity index (χ4v) is 1.71. The Kier molecular flexibility index (Phi) is 2.68. The van der Waals surface area contributed by atoms with Crippen molar-refractivity contribution in [1.29, 1.82) is 0 Å². The molecular formula is C11H16N2O. The van der Waals surface area contributed by atoms with Crippen LogP contribution in [0.1, 0.15) is 25.3 Å². The highest BCUT2D eigenvalue weighted by molar-refractivity contribution is 5.43. The van der Waals surface area contributed by atoms with Crippen LogP contribution < -0.4 is 4.90 Å². The molecule has 1 aromatic rings. The van der Waals surface area contributed by atoms with Crippen LogP contribution in [0.15, 0.2) is 18.3 Å². The summed E-state index contributed by atoms with van der Waals surface area (Å²) < 4.78 is 0. The van der Waals surface area contributed by atoms with Gasteiger partial charge >= 0.3 is 0 Å². The molecule has 3 heteroatoms. The number of hydrogen-bond acceptors (Lipinski definition) is 3. The van der Waals surface area contributed by atoms with Crippen LogP contribution in [0.2, 0.25) is 0 Å². The van der Waals surface area contributed by atoms with E-state index in [-0.39, 0.29) is 6.61 Å². The van der Waals surface area contributed by atoms with Crippen molar-refractivity contribution in [2.24, 2.45) is 0 Å². The predicted molar refractivity (Wildman–Crippen MR) is 56.2 cm³/mol. The summed E-state index contributed by atoms with van der Waals surface area (Å²) in [7, 11) is 0. The van der Waals surface area contributed by atoms with Gasteiger partial charge in [-0.25, -0.2) is 4.98 Å². The Bertz CT molecular complexity index is 310. The Hall–Kier alpha value is -1.09. The molecule has 0 saturated heterocycles. The summed E-state index contributed by atoms with van der Waals surface area (Å²) in [5.41, 5.74) is 0.939. The smallest absolute Gasteiger partial charge is 0.129 e. The molecule has 0 aromatic carbocycles. The number of aliphatic hydroxyl groups is 1. The third kappa shape index (κ3) is 1.87. The van der Waals surface area contributed by atoms with Gasteiger partial charge in [-0.1, -0.05) is 0 Å². The molecule has 0 atom stereocenters. The maximum Gasteiger partial charge on any atom is 0.129 e. The molecule has 14 heavy (non-hydrogen) atoms. The molecular weight excluding hydrogens is 176 g/mol. The van der Waals surface area contributed by atoms with E-state index in [1.165, 1.54) is 12.8 Å². The van der Waals surface area contributed by atoms with Gasteiger partial charge in [0.15, 0.2) is 0 Å². The van der Waals surface area contributed by atoms with Gasteiger partial charge in [-0.05, 0) is 37.5 Å². The fraction of sp³-hybridized carbons (Fsp3) is 0.545. The van der Waals surface area contributed by atoms with Crippen LogP contribution in [0.5, 0.6) is 0 Å². The topological polar surface area (TPSA) is 36.4 Å². The summed E-state index contributed by atoms with van der Waals surface area (Å²) in [5, 5.41) is 9.02. The molecule has 1 aliphatic rings. The molecule has 0 bridgehead atoms. The number of nitrogens with zero attached hydrogens (tertiary/aromatic N) is 2. The standard InChI is InChI=1S/C11H16N2O/c1-2-13(10-3-4-10)11-7-9(8-14)5-6-12-11/h5-7,10,14H,2-4,8H2,1H3. The van der Waals surface area contributed by atoms with Gasteiger partial charge in [0.1, 0.15) is 5.82 Å². The molecule has 0 amide bonds. The highest BCUT2D eigenvalue weighted by atomic mass is 16.3. The molecule has 1 aromatic heterocycles. The van der Waals surface area contributed by atoms with Gasteiger partial charge in [0, 0.05) is 18.8 Å². The van der Waals surface area contributed by atoms with E-state index in [2.05, 4.69) is 16.8 Å². The lowest BCUT2D eigenvalue weighted by molar-refractivity contribution is 0.281. The molecule has 0 radical (unpaired) electrons. The average Bonchev–Trinajstić information content (AvgIpc) is 3.04. The second-order valence-corrected chi connectivity index (χ2v) is 3.70. The maximum atomic E-state index is 9.02. The van der Waals surface area contributed by atoms with Crippen LogP contribution in [0.3, 0.4) is 0 Å². The molecule has 1 fully saturated rings. The quantitative estimate of drug-likeness (QED) is 0.786. The number of aliphatic hydroxyl groups excluding tert-OH is 1. The molecule has 76 valence electrons. The van der Waals surface area contributed by atoms with Crippen LogP contribution in [-0.2, 0) is 6.61 Å². The van der Waals surface area contributed by atoms with E-state index < -0.39 is 0 Å². The molecule has 1 aliphatic carbocycles. The second-order valence-electron chi connectivity index (χ2n) is 3.70. The third-order valence-electron chi connectivity index (χ3n) is 2.62. The Morgan fingerprint density at radius 3 is 2.93 bits per heavy atom. The molecule has 1 N–H and O–H groups in total. The van der Waals surface area contributed by atoms with Crippen LogP contribution in [0.4, 0.5) is 5.82 Å². The van der Waals surface area contributed by atoms with Crippen LogP contribution in [0.25, 0.3) is 0 Å². The van der Waals surface area contributed by atoms with E-state index in [1.54, 1.807) is 6.20 Å². The van der Waals surface area contributed by atoms with Gasteiger partial charge in [0.05, 0.1) is 6.61 Å². The number of aromatic nitrogens is 1. The van der Waals surface area contributed by atoms with Crippen molar-refractivity contribution in [3.8, 4) is 0 Å². The first-order valence-corrected chi connectivity index (χ1v) is 5.17. The molecule has 0 aliphatic heterocycles. The summed E-state index contributed by atoms with van der Waals surface area (Å²) in [6.07, 6.45) is 4.32. The maximum absolute atomic E-state index is 9.02. The third-order valence-corrected chi connectivity index (χ3v) is 2.62. The summed E-state index contributed by atoms with van der Waals surface area (Å²) in [4.78, 5) is 6.64. The van der Waals surface area contributed by atoms with Crippen molar-refractivity contribution < 1.29 is 5.11 Å². The zero-order valence-corrected chi connectivity index (χ0v) is 8.48. The Morgan fingerprint density at radius 2 is 2.36 bits per heavy atom. The molecule has 1 heterocycles.